The average Bonchev–Trinajstić information content (AvgIpc) is 2.87. The van der Waals surface area contributed by atoms with Crippen LogP contribution in [0.25, 0.3) is 0 Å². The Bertz CT molecular complexity index is 668. The fourth-order valence-corrected chi connectivity index (χ4v) is 3.29. The summed E-state index contributed by atoms with van der Waals surface area (Å²) in [6, 6.07) is 6.04. The van der Waals surface area contributed by atoms with Gasteiger partial charge in [0.25, 0.3) is 5.69 Å². The van der Waals surface area contributed by atoms with Gasteiger partial charge >= 0.3 is 5.97 Å². The van der Waals surface area contributed by atoms with E-state index in [2.05, 4.69) is 0 Å². The van der Waals surface area contributed by atoms with E-state index < -0.39 is 10.9 Å². The zero-order valence-corrected chi connectivity index (χ0v) is 11.9. The minimum absolute atomic E-state index is 0.0718. The molecular weight excluding hydrogens is 302 g/mol. The van der Waals surface area contributed by atoms with Crippen LogP contribution < -0.4 is 4.74 Å². The Balaban J connectivity index is 2.32. The molecule has 2 aromatic rings. The van der Waals surface area contributed by atoms with Crippen LogP contribution in [-0.2, 0) is 0 Å². The van der Waals surface area contributed by atoms with Crippen LogP contribution in [0.2, 0.25) is 0 Å². The summed E-state index contributed by atoms with van der Waals surface area (Å²) in [6.07, 6.45) is 0. The van der Waals surface area contributed by atoms with Gasteiger partial charge in [-0.05, 0) is 18.2 Å². The second kappa shape index (κ2) is 5.93. The molecule has 2 rings (SSSR count). The Hall–Kier alpha value is -2.06. The highest BCUT2D eigenvalue weighted by atomic mass is 32.2. The summed E-state index contributed by atoms with van der Waals surface area (Å²) >= 11 is 2.23. The fraction of sp³-hybridized carbons (Fsp3) is 0.0833. The minimum atomic E-state index is -1.01. The van der Waals surface area contributed by atoms with E-state index in [1.54, 1.807) is 17.5 Å². The van der Waals surface area contributed by atoms with Crippen LogP contribution >= 0.6 is 23.1 Å². The van der Waals surface area contributed by atoms with E-state index in [-0.39, 0.29) is 10.6 Å². The summed E-state index contributed by atoms with van der Waals surface area (Å²) in [4.78, 5) is 22.6. The SMILES string of the molecule is COc1ccc(Sc2csc(C(=O)O)c2)c([N+](=O)[O-])c1. The number of hydrogen-bond acceptors (Lipinski definition) is 6. The second-order valence-electron chi connectivity index (χ2n) is 3.64. The number of carboxylic acids is 1. The van der Waals surface area contributed by atoms with E-state index in [1.165, 1.54) is 19.2 Å². The third-order valence-electron chi connectivity index (χ3n) is 2.38. The average molecular weight is 311 g/mol. The Morgan fingerprint density at radius 2 is 2.20 bits per heavy atom. The number of rotatable bonds is 5. The summed E-state index contributed by atoms with van der Waals surface area (Å²) in [5.74, 6) is -0.608. The molecular formula is C12H9NO5S2. The van der Waals surface area contributed by atoms with Crippen LogP contribution in [0.5, 0.6) is 5.75 Å². The van der Waals surface area contributed by atoms with Gasteiger partial charge in [0.05, 0.1) is 23.0 Å². The molecule has 104 valence electrons. The van der Waals surface area contributed by atoms with Gasteiger partial charge in [0, 0.05) is 10.3 Å². The molecule has 1 aromatic carbocycles. The van der Waals surface area contributed by atoms with E-state index in [1.807, 2.05) is 0 Å². The number of nitro benzene ring substituents is 1. The number of carbonyl (C=O) groups is 1. The van der Waals surface area contributed by atoms with Gasteiger partial charge < -0.3 is 9.84 Å². The van der Waals surface area contributed by atoms with Crippen molar-refractivity contribution in [1.82, 2.24) is 0 Å². The number of aromatic carboxylic acids is 1. The Labute approximate surface area is 122 Å². The summed E-state index contributed by atoms with van der Waals surface area (Å²) in [5, 5.41) is 21.5. The molecule has 1 N–H and O–H groups in total. The first-order valence-electron chi connectivity index (χ1n) is 5.33. The van der Waals surface area contributed by atoms with E-state index in [9.17, 15) is 14.9 Å². The molecule has 0 spiro atoms. The Kier molecular flexibility index (Phi) is 4.26. The molecule has 1 heterocycles. The van der Waals surface area contributed by atoms with Gasteiger partial charge in [-0.1, -0.05) is 11.8 Å². The van der Waals surface area contributed by atoms with Gasteiger partial charge in [0.2, 0.25) is 0 Å². The Morgan fingerprint density at radius 3 is 2.75 bits per heavy atom. The Morgan fingerprint density at radius 1 is 1.45 bits per heavy atom. The van der Waals surface area contributed by atoms with Gasteiger partial charge in [-0.3, -0.25) is 10.1 Å². The molecule has 0 saturated heterocycles. The van der Waals surface area contributed by atoms with Gasteiger partial charge in [-0.15, -0.1) is 11.3 Å². The lowest BCUT2D eigenvalue weighted by Gasteiger charge is -2.04. The lowest BCUT2D eigenvalue weighted by atomic mass is 10.3. The summed E-state index contributed by atoms with van der Waals surface area (Å²) in [6.45, 7) is 0. The van der Waals surface area contributed by atoms with Gasteiger partial charge in [-0.2, -0.15) is 0 Å². The third-order valence-corrected chi connectivity index (χ3v) is 4.48. The van der Waals surface area contributed by atoms with Crippen molar-refractivity contribution in [2.24, 2.45) is 0 Å². The van der Waals surface area contributed by atoms with Crippen LogP contribution in [0.15, 0.2) is 39.4 Å². The smallest absolute Gasteiger partial charge is 0.345 e. The first-order valence-corrected chi connectivity index (χ1v) is 7.03. The van der Waals surface area contributed by atoms with E-state index >= 15 is 0 Å². The molecule has 20 heavy (non-hydrogen) atoms. The van der Waals surface area contributed by atoms with Crippen molar-refractivity contribution in [3.8, 4) is 5.75 Å². The zero-order chi connectivity index (χ0) is 14.7. The maximum atomic E-state index is 11.0. The molecule has 0 fully saturated rings. The normalized spacial score (nSPS) is 10.2. The molecule has 0 aliphatic carbocycles. The highest BCUT2D eigenvalue weighted by molar-refractivity contribution is 7.99. The standard InChI is InChI=1S/C12H9NO5S2/c1-18-7-2-3-10(9(4-7)13(16)17)20-8-5-11(12(14)15)19-6-8/h2-6H,1H3,(H,14,15). The lowest BCUT2D eigenvalue weighted by Crippen LogP contribution is -1.92. The lowest BCUT2D eigenvalue weighted by molar-refractivity contribution is -0.387. The summed E-state index contributed by atoms with van der Waals surface area (Å²) in [5.41, 5.74) is -0.0718. The topological polar surface area (TPSA) is 89.7 Å². The monoisotopic (exact) mass is 311 g/mol. The number of ether oxygens (including phenoxy) is 1. The molecule has 0 unspecified atom stereocenters. The third kappa shape index (κ3) is 3.09. The van der Waals surface area contributed by atoms with Gasteiger partial charge in [-0.25, -0.2) is 4.79 Å². The number of methoxy groups -OCH3 is 1. The number of carboxylic acid groups (broad SMARTS) is 1. The van der Waals surface area contributed by atoms with Crippen LogP contribution in [0.4, 0.5) is 5.69 Å². The van der Waals surface area contributed by atoms with Crippen molar-refractivity contribution >= 4 is 34.8 Å². The zero-order valence-electron chi connectivity index (χ0n) is 10.2. The maximum absolute atomic E-state index is 11.0. The highest BCUT2D eigenvalue weighted by Gasteiger charge is 2.17. The van der Waals surface area contributed by atoms with Crippen LogP contribution in [0, 0.1) is 10.1 Å². The van der Waals surface area contributed by atoms with Crippen molar-refractivity contribution in [3.05, 3.63) is 44.6 Å². The first-order chi connectivity index (χ1) is 9.51. The van der Waals surface area contributed by atoms with Gasteiger partial charge in [0.15, 0.2) is 0 Å². The number of benzene rings is 1. The molecule has 0 aliphatic rings. The second-order valence-corrected chi connectivity index (χ2v) is 5.67. The van der Waals surface area contributed by atoms with Gasteiger partial charge in [0.1, 0.15) is 10.6 Å². The first kappa shape index (κ1) is 14.4. The minimum Gasteiger partial charge on any atom is -0.497 e. The van der Waals surface area contributed by atoms with Crippen LogP contribution in [0.3, 0.4) is 0 Å². The van der Waals surface area contributed by atoms with E-state index in [0.717, 1.165) is 23.1 Å². The molecule has 0 aliphatic heterocycles. The summed E-state index contributed by atoms with van der Waals surface area (Å²) < 4.78 is 4.96. The van der Waals surface area contributed by atoms with Crippen molar-refractivity contribution in [1.29, 1.82) is 0 Å². The number of nitrogens with zero attached hydrogens (tertiary/aromatic N) is 1. The van der Waals surface area contributed by atoms with Crippen molar-refractivity contribution in [2.45, 2.75) is 9.79 Å². The quantitative estimate of drug-likeness (QED) is 0.671. The largest absolute Gasteiger partial charge is 0.497 e. The maximum Gasteiger partial charge on any atom is 0.345 e. The molecule has 0 atom stereocenters. The molecule has 0 bridgehead atoms. The molecule has 0 amide bonds. The number of nitro groups is 1. The molecule has 1 aromatic heterocycles. The molecule has 0 saturated carbocycles. The van der Waals surface area contributed by atoms with Crippen molar-refractivity contribution in [2.75, 3.05) is 7.11 Å². The number of thiophene rings is 1. The predicted molar refractivity (Wildman–Crippen MR) is 75.0 cm³/mol. The van der Waals surface area contributed by atoms with Crippen LogP contribution in [0.1, 0.15) is 9.67 Å². The van der Waals surface area contributed by atoms with Crippen LogP contribution in [-0.4, -0.2) is 23.1 Å². The van der Waals surface area contributed by atoms with Crippen molar-refractivity contribution in [3.63, 3.8) is 0 Å². The van der Waals surface area contributed by atoms with Crippen molar-refractivity contribution < 1.29 is 19.6 Å². The number of hydrogen-bond donors (Lipinski definition) is 1. The van der Waals surface area contributed by atoms with E-state index in [0.29, 0.717) is 15.5 Å². The molecule has 0 radical (unpaired) electrons. The summed E-state index contributed by atoms with van der Waals surface area (Å²) in [7, 11) is 1.43. The highest BCUT2D eigenvalue weighted by Crippen LogP contribution is 2.38. The molecule has 6 nitrogen and oxygen atoms in total. The van der Waals surface area contributed by atoms with E-state index in [4.69, 9.17) is 9.84 Å². The predicted octanol–water partition coefficient (Wildman–Crippen LogP) is 3.51. The fourth-order valence-electron chi connectivity index (χ4n) is 1.46. The molecule has 8 heteroatoms.